The van der Waals surface area contributed by atoms with Gasteiger partial charge >= 0.3 is 5.97 Å². The van der Waals surface area contributed by atoms with Crippen molar-refractivity contribution < 1.29 is 14.3 Å². The molecule has 0 saturated carbocycles. The molecular formula is C11H6FN3O2S. The zero-order valence-electron chi connectivity index (χ0n) is 8.87. The molecule has 2 aromatic heterocycles. The first-order valence-electron chi connectivity index (χ1n) is 4.99. The number of halogens is 1. The Morgan fingerprint density at radius 1 is 1.33 bits per heavy atom. The van der Waals surface area contributed by atoms with Crippen molar-refractivity contribution in [1.29, 1.82) is 0 Å². The lowest BCUT2D eigenvalue weighted by Gasteiger charge is -1.94. The number of hydrogen-bond acceptors (Lipinski definition) is 4. The van der Waals surface area contributed by atoms with Gasteiger partial charge in [-0.05, 0) is 24.3 Å². The molecule has 5 nitrogen and oxygen atoms in total. The fraction of sp³-hybridized carbons (Fsp3) is 0. The molecule has 0 unspecified atom stereocenters. The summed E-state index contributed by atoms with van der Waals surface area (Å²) in [7, 11) is 0. The number of nitrogens with zero attached hydrogens (tertiary/aromatic N) is 3. The van der Waals surface area contributed by atoms with E-state index in [4.69, 9.17) is 5.11 Å². The molecular weight excluding hydrogens is 257 g/mol. The Kier molecular flexibility index (Phi) is 2.34. The second kappa shape index (κ2) is 3.88. The van der Waals surface area contributed by atoms with Crippen LogP contribution in [0.2, 0.25) is 0 Å². The molecule has 0 fully saturated rings. The van der Waals surface area contributed by atoms with Gasteiger partial charge in [-0.3, -0.25) is 0 Å². The Labute approximate surface area is 104 Å². The molecule has 0 aliphatic carbocycles. The first-order chi connectivity index (χ1) is 8.63. The summed E-state index contributed by atoms with van der Waals surface area (Å²) in [4.78, 5) is 15.5. The Balaban J connectivity index is 2.06. The van der Waals surface area contributed by atoms with Gasteiger partial charge in [0, 0.05) is 5.56 Å². The molecule has 1 N–H and O–H groups in total. The molecule has 90 valence electrons. The first-order valence-corrected chi connectivity index (χ1v) is 5.80. The maximum absolute atomic E-state index is 12.8. The number of hydrogen-bond donors (Lipinski definition) is 1. The summed E-state index contributed by atoms with van der Waals surface area (Å²) in [6, 6.07) is 5.91. The van der Waals surface area contributed by atoms with Gasteiger partial charge in [-0.25, -0.2) is 18.7 Å². The summed E-state index contributed by atoms with van der Waals surface area (Å²) in [5.74, 6) is -1.39. The topological polar surface area (TPSA) is 67.5 Å². The zero-order valence-corrected chi connectivity index (χ0v) is 9.69. The number of carboxylic acids is 1. The highest BCUT2D eigenvalue weighted by Crippen LogP contribution is 2.22. The maximum atomic E-state index is 12.8. The van der Waals surface area contributed by atoms with Gasteiger partial charge in [-0.15, -0.1) is 5.10 Å². The van der Waals surface area contributed by atoms with E-state index in [2.05, 4.69) is 10.1 Å². The molecule has 18 heavy (non-hydrogen) atoms. The van der Waals surface area contributed by atoms with E-state index in [0.29, 0.717) is 10.7 Å². The SMILES string of the molecule is O=C(O)c1nn2cc(-c3ccc(F)cc3)nc2s1. The van der Waals surface area contributed by atoms with Crippen LogP contribution in [0.25, 0.3) is 16.2 Å². The Hall–Kier alpha value is -2.28. The van der Waals surface area contributed by atoms with E-state index in [0.717, 1.165) is 16.9 Å². The molecule has 1 aromatic carbocycles. The van der Waals surface area contributed by atoms with Crippen LogP contribution in [0, 0.1) is 5.82 Å². The smallest absolute Gasteiger partial charge is 0.367 e. The first kappa shape index (κ1) is 10.8. The second-order valence-corrected chi connectivity index (χ2v) is 4.53. The average molecular weight is 263 g/mol. The molecule has 0 aliphatic heterocycles. The van der Waals surface area contributed by atoms with Crippen molar-refractivity contribution in [3.63, 3.8) is 0 Å². The minimum absolute atomic E-state index is 0.0110. The molecule has 0 aliphatic rings. The second-order valence-electron chi connectivity index (χ2n) is 3.57. The van der Waals surface area contributed by atoms with Crippen LogP contribution in [0.1, 0.15) is 9.80 Å². The van der Waals surface area contributed by atoms with Crippen LogP contribution < -0.4 is 0 Å². The minimum atomic E-state index is -1.08. The van der Waals surface area contributed by atoms with E-state index >= 15 is 0 Å². The fourth-order valence-corrected chi connectivity index (χ4v) is 2.27. The summed E-state index contributed by atoms with van der Waals surface area (Å²) in [5.41, 5.74) is 1.39. The normalized spacial score (nSPS) is 10.9. The molecule has 2 heterocycles. The van der Waals surface area contributed by atoms with Gasteiger partial charge in [0.05, 0.1) is 11.9 Å². The van der Waals surface area contributed by atoms with Crippen LogP contribution in [0.15, 0.2) is 30.5 Å². The molecule has 0 radical (unpaired) electrons. The number of carbonyl (C=O) groups is 1. The molecule has 0 saturated heterocycles. The number of imidazole rings is 1. The summed E-state index contributed by atoms with van der Waals surface area (Å²) in [6.07, 6.45) is 1.62. The molecule has 0 amide bonds. The van der Waals surface area contributed by atoms with E-state index in [1.807, 2.05) is 0 Å². The van der Waals surface area contributed by atoms with E-state index in [1.54, 1.807) is 18.3 Å². The van der Waals surface area contributed by atoms with Crippen molar-refractivity contribution in [1.82, 2.24) is 14.6 Å². The van der Waals surface area contributed by atoms with E-state index in [9.17, 15) is 9.18 Å². The number of aromatic carboxylic acids is 1. The quantitative estimate of drug-likeness (QED) is 0.770. The van der Waals surface area contributed by atoms with E-state index in [-0.39, 0.29) is 10.8 Å². The highest BCUT2D eigenvalue weighted by molar-refractivity contribution is 7.18. The van der Waals surface area contributed by atoms with Crippen molar-refractivity contribution >= 4 is 22.3 Å². The van der Waals surface area contributed by atoms with Gasteiger partial charge in [0.15, 0.2) is 0 Å². The highest BCUT2D eigenvalue weighted by Gasteiger charge is 2.13. The molecule has 0 atom stereocenters. The van der Waals surface area contributed by atoms with Gasteiger partial charge in [0.2, 0.25) is 9.97 Å². The summed E-state index contributed by atoms with van der Waals surface area (Å²) < 4.78 is 14.2. The third-order valence-corrected chi connectivity index (χ3v) is 3.28. The lowest BCUT2D eigenvalue weighted by molar-refractivity contribution is 0.0695. The number of rotatable bonds is 2. The number of aromatic nitrogens is 3. The summed E-state index contributed by atoms with van der Waals surface area (Å²) >= 11 is 0.991. The van der Waals surface area contributed by atoms with E-state index < -0.39 is 5.97 Å². The van der Waals surface area contributed by atoms with Gasteiger partial charge in [-0.2, -0.15) is 0 Å². The summed E-state index contributed by atoms with van der Waals surface area (Å²) in [6.45, 7) is 0. The predicted octanol–water partition coefficient (Wildman–Crippen LogP) is 2.30. The van der Waals surface area contributed by atoms with Crippen LogP contribution in [-0.2, 0) is 0 Å². The van der Waals surface area contributed by atoms with Crippen molar-refractivity contribution in [2.24, 2.45) is 0 Å². The Bertz CT molecular complexity index is 701. The van der Waals surface area contributed by atoms with Crippen LogP contribution in [0.5, 0.6) is 0 Å². The molecule has 0 bridgehead atoms. The van der Waals surface area contributed by atoms with Gasteiger partial charge < -0.3 is 5.11 Å². The van der Waals surface area contributed by atoms with Crippen molar-refractivity contribution in [2.45, 2.75) is 0 Å². The van der Waals surface area contributed by atoms with Crippen molar-refractivity contribution in [3.8, 4) is 11.3 Å². The van der Waals surface area contributed by atoms with Crippen LogP contribution in [0.3, 0.4) is 0 Å². The fourth-order valence-electron chi connectivity index (χ4n) is 1.55. The standard InChI is InChI=1S/C11H6FN3O2S/c12-7-3-1-6(2-4-7)8-5-15-11(13-8)18-9(14-15)10(16)17/h1-5H,(H,16,17). The highest BCUT2D eigenvalue weighted by atomic mass is 32.1. The van der Waals surface area contributed by atoms with Crippen LogP contribution >= 0.6 is 11.3 Å². The number of carboxylic acid groups (broad SMARTS) is 1. The van der Waals surface area contributed by atoms with Crippen LogP contribution in [-0.4, -0.2) is 25.7 Å². The maximum Gasteiger partial charge on any atom is 0.367 e. The lowest BCUT2D eigenvalue weighted by atomic mass is 10.2. The van der Waals surface area contributed by atoms with Gasteiger partial charge in [-0.1, -0.05) is 11.3 Å². The zero-order chi connectivity index (χ0) is 12.7. The Morgan fingerprint density at radius 3 is 2.67 bits per heavy atom. The number of benzene rings is 1. The summed E-state index contributed by atoms with van der Waals surface area (Å²) in [5, 5.41) is 12.7. The van der Waals surface area contributed by atoms with Crippen LogP contribution in [0.4, 0.5) is 4.39 Å². The average Bonchev–Trinajstić information content (AvgIpc) is 2.87. The molecule has 0 spiro atoms. The largest absolute Gasteiger partial charge is 0.476 e. The van der Waals surface area contributed by atoms with Gasteiger partial charge in [0.25, 0.3) is 0 Å². The predicted molar refractivity (Wildman–Crippen MR) is 63.2 cm³/mol. The third-order valence-electron chi connectivity index (χ3n) is 2.37. The Morgan fingerprint density at radius 2 is 2.06 bits per heavy atom. The van der Waals surface area contributed by atoms with Crippen molar-refractivity contribution in [3.05, 3.63) is 41.3 Å². The van der Waals surface area contributed by atoms with E-state index in [1.165, 1.54) is 16.6 Å². The molecule has 3 aromatic rings. The van der Waals surface area contributed by atoms with Crippen molar-refractivity contribution in [2.75, 3.05) is 0 Å². The molecule has 3 rings (SSSR count). The monoisotopic (exact) mass is 263 g/mol. The molecule has 7 heteroatoms. The number of fused-ring (bicyclic) bond motifs is 1. The van der Waals surface area contributed by atoms with Gasteiger partial charge in [0.1, 0.15) is 5.82 Å². The lowest BCUT2D eigenvalue weighted by Crippen LogP contribution is -1.95. The minimum Gasteiger partial charge on any atom is -0.476 e. The third kappa shape index (κ3) is 1.74.